The quantitative estimate of drug-likeness (QED) is 0.574. The normalized spacial score (nSPS) is 23.0. The van der Waals surface area contributed by atoms with Crippen LogP contribution in [-0.4, -0.2) is 22.9 Å². The Labute approximate surface area is 156 Å². The second kappa shape index (κ2) is 6.77. The zero-order valence-corrected chi connectivity index (χ0v) is 18.6. The van der Waals surface area contributed by atoms with Gasteiger partial charge in [0.2, 0.25) is 6.71 Å². The zero-order valence-electron chi connectivity index (χ0n) is 16.6. The van der Waals surface area contributed by atoms with Gasteiger partial charge in [0.25, 0.3) is 0 Å². The maximum atomic E-state index is 2.50. The molecule has 0 aromatic heterocycles. The molecule has 2 aliphatic carbocycles. The second-order valence-electron chi connectivity index (χ2n) is 9.63. The summed E-state index contributed by atoms with van der Waals surface area (Å²) in [6.07, 6.45) is 14.4. The molecule has 0 radical (unpaired) electrons. The summed E-state index contributed by atoms with van der Waals surface area (Å²) in [6.45, 7) is 15.4. The maximum absolute atomic E-state index is 2.50. The molecule has 0 amide bonds. The Morgan fingerprint density at radius 1 is 0.680 bits per heavy atom. The molecule has 2 aliphatic rings. The minimum atomic E-state index is -1.29. The van der Waals surface area contributed by atoms with E-state index in [1.54, 1.807) is 10.9 Å². The highest BCUT2D eigenvalue weighted by molar-refractivity contribution is 6.92. The van der Waals surface area contributed by atoms with Crippen molar-refractivity contribution in [1.82, 2.24) is 0 Å². The molecule has 0 heterocycles. The number of benzene rings is 1. The molecule has 0 saturated heterocycles. The third-order valence-corrected chi connectivity index (χ3v) is 10.4. The van der Waals surface area contributed by atoms with E-state index in [1.807, 2.05) is 0 Å². The highest BCUT2D eigenvalue weighted by Gasteiger charge is 2.41. The smallest absolute Gasteiger partial charge is 0.0869 e. The summed E-state index contributed by atoms with van der Waals surface area (Å²) in [5, 5.41) is 0. The summed E-state index contributed by atoms with van der Waals surface area (Å²) in [7, 11) is -2.59. The molecule has 0 aliphatic heterocycles. The van der Waals surface area contributed by atoms with Gasteiger partial charge in [-0.1, -0.05) is 122 Å². The summed E-state index contributed by atoms with van der Waals surface area (Å²) in [4.78, 5) is 0. The highest BCUT2D eigenvalue weighted by Crippen LogP contribution is 2.43. The van der Waals surface area contributed by atoms with Gasteiger partial charge in [-0.2, -0.15) is 0 Å². The molecule has 0 nitrogen and oxygen atoms in total. The van der Waals surface area contributed by atoms with E-state index in [4.69, 9.17) is 0 Å². The molecule has 130 valence electrons. The largest absolute Gasteiger partial charge is 0.233 e. The van der Waals surface area contributed by atoms with E-state index in [2.05, 4.69) is 106 Å². The highest BCUT2D eigenvalue weighted by atomic mass is 28.3. The average Bonchev–Trinajstić information content (AvgIpc) is 3.17. The predicted molar refractivity (Wildman–Crippen MR) is 120 cm³/mol. The van der Waals surface area contributed by atoms with Crippen LogP contribution < -0.4 is 5.46 Å². The van der Waals surface area contributed by atoms with E-state index in [9.17, 15) is 0 Å². The topological polar surface area (TPSA) is 0 Å². The van der Waals surface area contributed by atoms with Gasteiger partial charge >= 0.3 is 0 Å². The minimum Gasteiger partial charge on any atom is -0.0869 e. The van der Waals surface area contributed by atoms with E-state index in [1.165, 1.54) is 5.46 Å². The first-order chi connectivity index (χ1) is 11.7. The van der Waals surface area contributed by atoms with E-state index in [-0.39, 0.29) is 0 Å². The molecule has 0 bridgehead atoms. The van der Waals surface area contributed by atoms with E-state index >= 15 is 0 Å². The van der Waals surface area contributed by atoms with E-state index in [0.29, 0.717) is 17.8 Å². The Bertz CT molecular complexity index is 696. The fourth-order valence-corrected chi connectivity index (χ4v) is 8.24. The zero-order chi connectivity index (χ0) is 18.2. The fourth-order valence-electron chi connectivity index (χ4n) is 4.34. The number of hydrogen-bond acceptors (Lipinski definition) is 0. The van der Waals surface area contributed by atoms with Crippen LogP contribution in [0.4, 0.5) is 0 Å². The molecular formula is C22H31BSi2. The van der Waals surface area contributed by atoms with Crippen molar-refractivity contribution in [3.8, 4) is 0 Å². The number of rotatable bonds is 5. The molecule has 0 fully saturated rings. The molecule has 2 atom stereocenters. The number of allylic oxidation sites excluding steroid dienone is 8. The number of hydrogen-bond donors (Lipinski definition) is 0. The summed E-state index contributed by atoms with van der Waals surface area (Å²) in [6, 6.07) is 11.2. The maximum Gasteiger partial charge on any atom is 0.233 e. The second-order valence-corrected chi connectivity index (χ2v) is 20.3. The monoisotopic (exact) mass is 362 g/mol. The lowest BCUT2D eigenvalue weighted by Crippen LogP contribution is -2.43. The van der Waals surface area contributed by atoms with Gasteiger partial charge in [0.1, 0.15) is 0 Å². The van der Waals surface area contributed by atoms with E-state index in [0.717, 1.165) is 0 Å². The first-order valence-corrected chi connectivity index (χ1v) is 16.7. The van der Waals surface area contributed by atoms with Crippen LogP contribution in [0.2, 0.25) is 50.4 Å². The molecule has 3 heteroatoms. The standard InChI is InChI=1S/C22H31BSi2/c1-24(2,3)21-16-10-14-19(21)23(18-12-8-7-9-13-18)20-15-11-17-22(20)25(4,5)6/h7-17,21-22H,1-6H3. The van der Waals surface area contributed by atoms with Gasteiger partial charge in [-0.15, -0.1) is 0 Å². The predicted octanol–water partition coefficient (Wildman–Crippen LogP) is 5.88. The van der Waals surface area contributed by atoms with Crippen molar-refractivity contribution in [3.63, 3.8) is 0 Å². The van der Waals surface area contributed by atoms with Gasteiger partial charge in [0.05, 0.1) is 16.1 Å². The van der Waals surface area contributed by atoms with Gasteiger partial charge in [-0.25, -0.2) is 0 Å². The Hall–Kier alpha value is -1.32. The molecule has 0 saturated carbocycles. The van der Waals surface area contributed by atoms with Crippen molar-refractivity contribution in [1.29, 1.82) is 0 Å². The van der Waals surface area contributed by atoms with Crippen LogP contribution >= 0.6 is 0 Å². The Balaban J connectivity index is 2.07. The Morgan fingerprint density at radius 2 is 1.12 bits per heavy atom. The molecule has 1 aromatic carbocycles. The van der Waals surface area contributed by atoms with Gasteiger partial charge in [0, 0.05) is 0 Å². The first kappa shape index (κ1) is 18.5. The molecule has 0 spiro atoms. The van der Waals surface area contributed by atoms with Gasteiger partial charge < -0.3 is 0 Å². The summed E-state index contributed by atoms with van der Waals surface area (Å²) in [5.41, 5.74) is 5.99. The Kier molecular flexibility index (Phi) is 5.00. The van der Waals surface area contributed by atoms with Crippen LogP contribution in [0.15, 0.2) is 77.7 Å². The van der Waals surface area contributed by atoms with Crippen molar-refractivity contribution in [3.05, 3.63) is 77.7 Å². The average molecular weight is 362 g/mol. The van der Waals surface area contributed by atoms with E-state index < -0.39 is 16.1 Å². The van der Waals surface area contributed by atoms with Crippen molar-refractivity contribution >= 4 is 28.3 Å². The van der Waals surface area contributed by atoms with Gasteiger partial charge in [0.15, 0.2) is 0 Å². The van der Waals surface area contributed by atoms with Crippen LogP contribution in [0.3, 0.4) is 0 Å². The van der Waals surface area contributed by atoms with Crippen molar-refractivity contribution in [2.75, 3.05) is 0 Å². The summed E-state index contributed by atoms with van der Waals surface area (Å²) >= 11 is 0. The van der Waals surface area contributed by atoms with Crippen molar-refractivity contribution in [2.24, 2.45) is 0 Å². The minimum absolute atomic E-state index is 0.430. The molecule has 3 rings (SSSR count). The molecule has 25 heavy (non-hydrogen) atoms. The third-order valence-electron chi connectivity index (χ3n) is 5.57. The van der Waals surface area contributed by atoms with Crippen molar-refractivity contribution in [2.45, 2.75) is 50.4 Å². The van der Waals surface area contributed by atoms with Crippen LogP contribution in [0.25, 0.3) is 0 Å². The molecule has 0 N–H and O–H groups in total. The van der Waals surface area contributed by atoms with Crippen LogP contribution in [0.5, 0.6) is 0 Å². The van der Waals surface area contributed by atoms with Crippen LogP contribution in [-0.2, 0) is 0 Å². The van der Waals surface area contributed by atoms with Crippen LogP contribution in [0, 0.1) is 0 Å². The molecule has 1 aromatic rings. The lowest BCUT2D eigenvalue weighted by atomic mass is 9.35. The molecular weight excluding hydrogens is 331 g/mol. The first-order valence-electron chi connectivity index (χ1n) is 9.51. The van der Waals surface area contributed by atoms with Crippen molar-refractivity contribution < 1.29 is 0 Å². The SMILES string of the molecule is C[Si](C)(C)C1C=CC=C1B(C1=CC=CC1[Si](C)(C)C)c1ccccc1. The summed E-state index contributed by atoms with van der Waals surface area (Å²) < 4.78 is 0. The Morgan fingerprint density at radius 3 is 1.52 bits per heavy atom. The third kappa shape index (κ3) is 3.78. The van der Waals surface area contributed by atoms with Crippen LogP contribution in [0.1, 0.15) is 0 Å². The fraction of sp³-hybridized carbons (Fsp3) is 0.364. The van der Waals surface area contributed by atoms with Gasteiger partial charge in [-0.05, 0) is 11.1 Å². The molecule has 2 unspecified atom stereocenters. The lowest BCUT2D eigenvalue weighted by molar-refractivity contribution is 1.22. The van der Waals surface area contributed by atoms with Gasteiger partial charge in [-0.3, -0.25) is 0 Å². The summed E-state index contributed by atoms with van der Waals surface area (Å²) in [5.74, 6) is 0. The lowest BCUT2D eigenvalue weighted by Gasteiger charge is -2.35.